The second-order valence-electron chi connectivity index (χ2n) is 5.57. The van der Waals surface area contributed by atoms with Crippen LogP contribution in [0.5, 0.6) is 5.75 Å². The zero-order valence-electron chi connectivity index (χ0n) is 13.9. The first-order valence-electron chi connectivity index (χ1n) is 7.68. The van der Waals surface area contributed by atoms with Crippen LogP contribution in [0.4, 0.5) is 0 Å². The zero-order valence-corrected chi connectivity index (χ0v) is 14.7. The average Bonchev–Trinajstić information content (AvgIpc) is 2.62. The Morgan fingerprint density at radius 3 is 2.32 bits per heavy atom. The molecule has 0 aliphatic heterocycles. The Morgan fingerprint density at radius 1 is 0.960 bits per heavy atom. The minimum Gasteiger partial charge on any atom is -0.496 e. The number of ether oxygens (including phenoxy) is 1. The number of hydrazone groups is 1. The van der Waals surface area contributed by atoms with Crippen LogP contribution in [0, 0.1) is 6.92 Å². The standard InChI is InChI=1S/C19H18N2O3S/c1-14-7-10-16(11-8-14)25(22,23)21-20-13-15-9-12-19(24-2)18-6-4-3-5-17(15)18/h3-13,21H,1-2H3/b20-13+. The molecule has 5 nitrogen and oxygen atoms in total. The van der Waals surface area contributed by atoms with Gasteiger partial charge >= 0.3 is 0 Å². The third-order valence-electron chi connectivity index (χ3n) is 3.85. The Hall–Kier alpha value is -2.86. The molecule has 0 bridgehead atoms. The van der Waals surface area contributed by atoms with E-state index in [1.54, 1.807) is 31.4 Å². The summed E-state index contributed by atoms with van der Waals surface area (Å²) in [5.74, 6) is 0.757. The van der Waals surface area contributed by atoms with Gasteiger partial charge in [0.1, 0.15) is 5.75 Å². The van der Waals surface area contributed by atoms with E-state index in [0.29, 0.717) is 0 Å². The predicted molar refractivity (Wildman–Crippen MR) is 99.6 cm³/mol. The molecule has 3 aromatic rings. The Labute approximate surface area is 147 Å². The predicted octanol–water partition coefficient (Wildman–Crippen LogP) is 3.47. The molecule has 0 saturated carbocycles. The van der Waals surface area contributed by atoms with E-state index in [4.69, 9.17) is 4.74 Å². The van der Waals surface area contributed by atoms with Crippen molar-refractivity contribution >= 4 is 27.0 Å². The molecule has 0 aliphatic rings. The van der Waals surface area contributed by atoms with Crippen molar-refractivity contribution in [2.45, 2.75) is 11.8 Å². The van der Waals surface area contributed by atoms with Crippen LogP contribution in [0.25, 0.3) is 10.8 Å². The number of nitrogens with zero attached hydrogens (tertiary/aromatic N) is 1. The van der Waals surface area contributed by atoms with Gasteiger partial charge in [-0.2, -0.15) is 13.5 Å². The number of benzene rings is 3. The van der Waals surface area contributed by atoms with Crippen LogP contribution >= 0.6 is 0 Å². The van der Waals surface area contributed by atoms with Crippen molar-refractivity contribution in [2.75, 3.05) is 7.11 Å². The number of sulfonamides is 1. The van der Waals surface area contributed by atoms with Crippen molar-refractivity contribution in [3.8, 4) is 5.75 Å². The Bertz CT molecular complexity index is 1030. The van der Waals surface area contributed by atoms with Gasteiger partial charge in [0.25, 0.3) is 10.0 Å². The molecule has 0 amide bonds. The molecule has 0 unspecified atom stereocenters. The van der Waals surface area contributed by atoms with Gasteiger partial charge in [-0.15, -0.1) is 0 Å². The highest BCUT2D eigenvalue weighted by Crippen LogP contribution is 2.27. The molecule has 3 rings (SSSR count). The van der Waals surface area contributed by atoms with Crippen LogP contribution in [0.1, 0.15) is 11.1 Å². The SMILES string of the molecule is COc1ccc(/C=N/NS(=O)(=O)c2ccc(C)cc2)c2ccccc12. The lowest BCUT2D eigenvalue weighted by molar-refractivity contribution is 0.420. The number of aryl methyl sites for hydroxylation is 1. The summed E-state index contributed by atoms with van der Waals surface area (Å²) < 4.78 is 29.9. The summed E-state index contributed by atoms with van der Waals surface area (Å²) in [4.78, 5) is 2.42. The molecule has 0 aromatic heterocycles. The molecule has 0 spiro atoms. The fourth-order valence-corrected chi connectivity index (χ4v) is 3.31. The van der Waals surface area contributed by atoms with Crippen molar-refractivity contribution < 1.29 is 13.2 Å². The quantitative estimate of drug-likeness (QED) is 0.563. The van der Waals surface area contributed by atoms with Gasteiger partial charge < -0.3 is 4.74 Å². The molecule has 6 heteroatoms. The van der Waals surface area contributed by atoms with Crippen molar-refractivity contribution in [2.24, 2.45) is 5.10 Å². The van der Waals surface area contributed by atoms with Gasteiger partial charge in [0.05, 0.1) is 18.2 Å². The van der Waals surface area contributed by atoms with Gasteiger partial charge in [-0.3, -0.25) is 0 Å². The van der Waals surface area contributed by atoms with E-state index in [1.807, 2.05) is 43.3 Å². The van der Waals surface area contributed by atoms with Crippen LogP contribution in [0.3, 0.4) is 0 Å². The lowest BCUT2D eigenvalue weighted by atomic mass is 10.0. The highest BCUT2D eigenvalue weighted by Gasteiger charge is 2.12. The Kier molecular flexibility index (Phi) is 4.72. The van der Waals surface area contributed by atoms with Crippen LogP contribution in [-0.2, 0) is 10.0 Å². The zero-order chi connectivity index (χ0) is 17.9. The highest BCUT2D eigenvalue weighted by molar-refractivity contribution is 7.89. The highest BCUT2D eigenvalue weighted by atomic mass is 32.2. The van der Waals surface area contributed by atoms with Gasteiger partial charge in [0.2, 0.25) is 0 Å². The molecule has 0 heterocycles. The maximum Gasteiger partial charge on any atom is 0.276 e. The van der Waals surface area contributed by atoms with Crippen molar-refractivity contribution in [1.29, 1.82) is 0 Å². The number of hydrogen-bond donors (Lipinski definition) is 1. The molecule has 0 saturated heterocycles. The van der Waals surface area contributed by atoms with Gasteiger partial charge in [-0.25, -0.2) is 4.83 Å². The monoisotopic (exact) mass is 354 g/mol. The van der Waals surface area contributed by atoms with E-state index < -0.39 is 10.0 Å². The summed E-state index contributed by atoms with van der Waals surface area (Å²) in [6, 6.07) is 18.0. The molecule has 0 radical (unpaired) electrons. The van der Waals surface area contributed by atoms with Crippen molar-refractivity contribution in [1.82, 2.24) is 4.83 Å². The molecule has 0 fully saturated rings. The van der Waals surface area contributed by atoms with E-state index in [9.17, 15) is 8.42 Å². The first-order chi connectivity index (χ1) is 12.0. The lowest BCUT2D eigenvalue weighted by Gasteiger charge is -2.08. The summed E-state index contributed by atoms with van der Waals surface area (Å²) in [5, 5.41) is 5.78. The van der Waals surface area contributed by atoms with Crippen molar-refractivity contribution in [3.05, 3.63) is 71.8 Å². The molecular formula is C19H18N2O3S. The third-order valence-corrected chi connectivity index (χ3v) is 5.08. The summed E-state index contributed by atoms with van der Waals surface area (Å²) in [5.41, 5.74) is 1.79. The van der Waals surface area contributed by atoms with Gasteiger partial charge in [-0.05, 0) is 36.6 Å². The van der Waals surface area contributed by atoms with Crippen LogP contribution in [0.15, 0.2) is 70.7 Å². The second-order valence-corrected chi connectivity index (χ2v) is 7.23. The molecule has 0 aliphatic carbocycles. The fraction of sp³-hybridized carbons (Fsp3) is 0.105. The topological polar surface area (TPSA) is 67.8 Å². The number of methoxy groups -OCH3 is 1. The largest absolute Gasteiger partial charge is 0.496 e. The van der Waals surface area contributed by atoms with E-state index in [2.05, 4.69) is 9.93 Å². The van der Waals surface area contributed by atoms with E-state index in [0.717, 1.165) is 27.6 Å². The molecule has 3 aromatic carbocycles. The Morgan fingerprint density at radius 2 is 1.64 bits per heavy atom. The van der Waals surface area contributed by atoms with Gasteiger partial charge in [0.15, 0.2) is 0 Å². The first kappa shape index (κ1) is 17.0. The number of fused-ring (bicyclic) bond motifs is 1. The first-order valence-corrected chi connectivity index (χ1v) is 9.17. The minimum absolute atomic E-state index is 0.176. The average molecular weight is 354 g/mol. The van der Waals surface area contributed by atoms with Crippen molar-refractivity contribution in [3.63, 3.8) is 0 Å². The summed E-state index contributed by atoms with van der Waals surface area (Å²) in [7, 11) is -2.07. The lowest BCUT2D eigenvalue weighted by Crippen LogP contribution is -2.18. The molecular weight excluding hydrogens is 336 g/mol. The van der Waals surface area contributed by atoms with E-state index in [1.165, 1.54) is 6.21 Å². The number of nitrogens with one attached hydrogen (secondary N) is 1. The summed E-state index contributed by atoms with van der Waals surface area (Å²) in [6.07, 6.45) is 1.49. The van der Waals surface area contributed by atoms with Crippen LogP contribution in [0.2, 0.25) is 0 Å². The smallest absolute Gasteiger partial charge is 0.276 e. The third kappa shape index (κ3) is 3.64. The van der Waals surface area contributed by atoms with Gasteiger partial charge in [-0.1, -0.05) is 42.0 Å². The maximum atomic E-state index is 12.3. The Balaban J connectivity index is 1.88. The summed E-state index contributed by atoms with van der Waals surface area (Å²) >= 11 is 0. The normalized spacial score (nSPS) is 11.8. The van der Waals surface area contributed by atoms with Gasteiger partial charge in [0, 0.05) is 10.9 Å². The second kappa shape index (κ2) is 6.94. The fourth-order valence-electron chi connectivity index (χ4n) is 2.52. The molecule has 1 N–H and O–H groups in total. The molecule has 25 heavy (non-hydrogen) atoms. The van der Waals surface area contributed by atoms with Crippen LogP contribution < -0.4 is 9.57 Å². The molecule has 128 valence electrons. The maximum absolute atomic E-state index is 12.3. The van der Waals surface area contributed by atoms with Crippen LogP contribution in [-0.4, -0.2) is 21.7 Å². The summed E-state index contributed by atoms with van der Waals surface area (Å²) in [6.45, 7) is 1.90. The minimum atomic E-state index is -3.69. The van der Waals surface area contributed by atoms with E-state index in [-0.39, 0.29) is 4.90 Å². The van der Waals surface area contributed by atoms with E-state index >= 15 is 0 Å². The number of hydrogen-bond acceptors (Lipinski definition) is 4. The molecule has 0 atom stereocenters. The number of rotatable bonds is 5.